The monoisotopic (exact) mass is 400 g/mol. The Morgan fingerprint density at radius 3 is 2.86 bits per heavy atom. The maximum Gasteiger partial charge on any atom is 0.191 e. The number of hydrogen-bond acceptors (Lipinski definition) is 5. The average molecular weight is 401 g/mol. The van der Waals surface area contributed by atoms with E-state index in [2.05, 4.69) is 44.8 Å². The van der Waals surface area contributed by atoms with Crippen molar-refractivity contribution < 1.29 is 9.47 Å². The van der Waals surface area contributed by atoms with Crippen LogP contribution in [0.3, 0.4) is 0 Å². The summed E-state index contributed by atoms with van der Waals surface area (Å²) in [5.74, 6) is 3.54. The Hall–Kier alpha value is -2.61. The summed E-state index contributed by atoms with van der Waals surface area (Å²) in [5.41, 5.74) is 1.24. The van der Waals surface area contributed by atoms with E-state index in [0.717, 1.165) is 68.7 Å². The Morgan fingerprint density at radius 2 is 2.10 bits per heavy atom. The van der Waals surface area contributed by atoms with Gasteiger partial charge in [-0.15, -0.1) is 0 Å². The summed E-state index contributed by atoms with van der Waals surface area (Å²) in [6.07, 6.45) is 3.93. The van der Waals surface area contributed by atoms with Gasteiger partial charge in [0.15, 0.2) is 11.8 Å². The molecule has 0 saturated heterocycles. The summed E-state index contributed by atoms with van der Waals surface area (Å²) >= 11 is 0. The molecule has 8 nitrogen and oxygen atoms in total. The average Bonchev–Trinajstić information content (AvgIpc) is 3.13. The molecule has 3 rings (SSSR count). The first kappa shape index (κ1) is 21.1. The van der Waals surface area contributed by atoms with Crippen LogP contribution in [-0.4, -0.2) is 54.1 Å². The predicted octanol–water partition coefficient (Wildman–Crippen LogP) is 2.07. The lowest BCUT2D eigenvalue weighted by molar-refractivity contribution is 0.177. The van der Waals surface area contributed by atoms with Crippen LogP contribution in [0.25, 0.3) is 0 Å². The van der Waals surface area contributed by atoms with Gasteiger partial charge in [-0.1, -0.05) is 17.7 Å². The number of ether oxygens (including phenoxy) is 2. The maximum absolute atomic E-state index is 5.77. The molecule has 1 atom stereocenters. The van der Waals surface area contributed by atoms with Crippen LogP contribution < -0.4 is 15.4 Å². The molecule has 0 fully saturated rings. The van der Waals surface area contributed by atoms with Crippen LogP contribution in [-0.2, 0) is 24.3 Å². The van der Waals surface area contributed by atoms with Gasteiger partial charge in [0.05, 0.1) is 13.2 Å². The van der Waals surface area contributed by atoms with E-state index in [1.165, 1.54) is 5.56 Å². The summed E-state index contributed by atoms with van der Waals surface area (Å²) in [7, 11) is 3.46. The van der Waals surface area contributed by atoms with E-state index in [0.29, 0.717) is 6.61 Å². The van der Waals surface area contributed by atoms with E-state index in [1.54, 1.807) is 14.2 Å². The molecule has 0 aliphatic carbocycles. The number of aryl methyl sites for hydroxylation is 2. The molecule has 0 amide bonds. The van der Waals surface area contributed by atoms with Crippen LogP contribution in [0.1, 0.15) is 36.5 Å². The van der Waals surface area contributed by atoms with E-state index in [1.807, 2.05) is 16.8 Å². The first-order valence-corrected chi connectivity index (χ1v) is 10.3. The van der Waals surface area contributed by atoms with Crippen molar-refractivity contribution in [3.05, 3.63) is 41.5 Å². The summed E-state index contributed by atoms with van der Waals surface area (Å²) in [4.78, 5) is 8.86. The Morgan fingerprint density at radius 1 is 1.28 bits per heavy atom. The number of nitrogens with zero attached hydrogens (tertiary/aromatic N) is 4. The van der Waals surface area contributed by atoms with Gasteiger partial charge in [-0.05, 0) is 38.3 Å². The van der Waals surface area contributed by atoms with E-state index < -0.39 is 0 Å². The number of guanidine groups is 1. The predicted molar refractivity (Wildman–Crippen MR) is 113 cm³/mol. The number of nitrogens with one attached hydrogen (secondary N) is 2. The third-order valence-corrected chi connectivity index (χ3v) is 4.89. The van der Waals surface area contributed by atoms with Crippen molar-refractivity contribution in [3.8, 4) is 5.75 Å². The number of unbranched alkanes of at least 4 members (excludes halogenated alkanes) is 1. The molecule has 0 radical (unpaired) electrons. The first-order chi connectivity index (χ1) is 14.2. The van der Waals surface area contributed by atoms with Gasteiger partial charge in [0.25, 0.3) is 0 Å². The van der Waals surface area contributed by atoms with Crippen molar-refractivity contribution in [2.45, 2.75) is 51.8 Å². The second-order valence-electron chi connectivity index (χ2n) is 7.31. The highest BCUT2D eigenvalue weighted by atomic mass is 16.5. The number of rotatable bonds is 9. The van der Waals surface area contributed by atoms with Crippen molar-refractivity contribution in [3.63, 3.8) is 0 Å². The lowest BCUT2D eigenvalue weighted by atomic mass is 10.1. The molecule has 8 heteroatoms. The van der Waals surface area contributed by atoms with Crippen LogP contribution in [0, 0.1) is 6.92 Å². The second-order valence-corrected chi connectivity index (χ2v) is 7.31. The molecule has 1 aromatic heterocycles. The van der Waals surface area contributed by atoms with Crippen LogP contribution in [0.4, 0.5) is 0 Å². The molecular formula is C21H32N6O2. The van der Waals surface area contributed by atoms with Crippen molar-refractivity contribution in [2.75, 3.05) is 27.3 Å². The lowest BCUT2D eigenvalue weighted by Crippen LogP contribution is -2.47. The van der Waals surface area contributed by atoms with E-state index in [4.69, 9.17) is 9.47 Å². The zero-order chi connectivity index (χ0) is 20.5. The molecule has 1 aromatic carbocycles. The fourth-order valence-electron chi connectivity index (χ4n) is 3.32. The fraction of sp³-hybridized carbons (Fsp3) is 0.571. The van der Waals surface area contributed by atoms with Gasteiger partial charge in [0, 0.05) is 33.2 Å². The number of hydrogen-bond donors (Lipinski definition) is 2. The Kier molecular flexibility index (Phi) is 7.86. The van der Waals surface area contributed by atoms with E-state index >= 15 is 0 Å². The fourth-order valence-corrected chi connectivity index (χ4v) is 3.32. The molecule has 2 heterocycles. The zero-order valence-corrected chi connectivity index (χ0v) is 17.6. The molecule has 0 saturated carbocycles. The van der Waals surface area contributed by atoms with Crippen molar-refractivity contribution in [1.82, 2.24) is 25.4 Å². The van der Waals surface area contributed by atoms with Crippen LogP contribution in [0.15, 0.2) is 29.3 Å². The third kappa shape index (κ3) is 6.45. The SMILES string of the molecule is CN=C(NCCCCOc1ccc(C)cc1)NC1CCc2nc(COC)nn2C1. The summed E-state index contributed by atoms with van der Waals surface area (Å²) in [6.45, 7) is 4.90. The quantitative estimate of drug-likeness (QED) is 0.381. The number of fused-ring (bicyclic) bond motifs is 1. The van der Waals surface area contributed by atoms with Gasteiger partial charge in [0.2, 0.25) is 0 Å². The third-order valence-electron chi connectivity index (χ3n) is 4.89. The Labute approximate surface area is 172 Å². The molecule has 2 aromatic rings. The van der Waals surface area contributed by atoms with Crippen molar-refractivity contribution >= 4 is 5.96 Å². The topological polar surface area (TPSA) is 85.6 Å². The molecule has 1 unspecified atom stereocenters. The van der Waals surface area contributed by atoms with Gasteiger partial charge >= 0.3 is 0 Å². The van der Waals surface area contributed by atoms with Gasteiger partial charge < -0.3 is 20.1 Å². The minimum absolute atomic E-state index is 0.288. The molecular weight excluding hydrogens is 368 g/mol. The number of benzene rings is 1. The number of methoxy groups -OCH3 is 1. The standard InChI is InChI=1S/C21H32N6O2/c1-16-6-9-18(10-7-16)29-13-5-4-12-23-21(22-2)24-17-8-11-20-25-19(15-28-3)26-27(20)14-17/h6-7,9-10,17H,4-5,8,11-15H2,1-3H3,(H2,22,23,24). The van der Waals surface area contributed by atoms with Crippen LogP contribution in [0.5, 0.6) is 5.75 Å². The Bertz CT molecular complexity index is 787. The lowest BCUT2D eigenvalue weighted by Gasteiger charge is -2.25. The van der Waals surface area contributed by atoms with E-state index in [9.17, 15) is 0 Å². The normalized spacial score (nSPS) is 16.4. The molecule has 2 N–H and O–H groups in total. The minimum atomic E-state index is 0.288. The highest BCUT2D eigenvalue weighted by Crippen LogP contribution is 2.14. The van der Waals surface area contributed by atoms with Crippen LogP contribution >= 0.6 is 0 Å². The zero-order valence-electron chi connectivity index (χ0n) is 17.6. The van der Waals surface area contributed by atoms with E-state index in [-0.39, 0.29) is 6.04 Å². The highest BCUT2D eigenvalue weighted by molar-refractivity contribution is 5.79. The largest absolute Gasteiger partial charge is 0.494 e. The van der Waals surface area contributed by atoms with Crippen molar-refractivity contribution in [1.29, 1.82) is 0 Å². The Balaban J connectivity index is 1.33. The minimum Gasteiger partial charge on any atom is -0.494 e. The number of aliphatic imine (C=N–C) groups is 1. The summed E-state index contributed by atoms with van der Waals surface area (Å²) in [6, 6.07) is 8.46. The smallest absolute Gasteiger partial charge is 0.191 e. The molecule has 1 aliphatic heterocycles. The van der Waals surface area contributed by atoms with Crippen molar-refractivity contribution in [2.24, 2.45) is 4.99 Å². The van der Waals surface area contributed by atoms with Gasteiger partial charge in [-0.25, -0.2) is 9.67 Å². The summed E-state index contributed by atoms with van der Waals surface area (Å²) < 4.78 is 12.9. The maximum atomic E-state index is 5.77. The second kappa shape index (κ2) is 10.8. The molecule has 0 bridgehead atoms. The summed E-state index contributed by atoms with van der Waals surface area (Å²) in [5, 5.41) is 11.4. The van der Waals surface area contributed by atoms with Gasteiger partial charge in [-0.3, -0.25) is 4.99 Å². The highest BCUT2D eigenvalue weighted by Gasteiger charge is 2.22. The van der Waals surface area contributed by atoms with Gasteiger partial charge in [-0.2, -0.15) is 5.10 Å². The van der Waals surface area contributed by atoms with Gasteiger partial charge in [0.1, 0.15) is 18.2 Å². The molecule has 1 aliphatic rings. The molecule has 158 valence electrons. The molecule has 29 heavy (non-hydrogen) atoms. The number of aromatic nitrogens is 3. The van der Waals surface area contributed by atoms with Crippen LogP contribution in [0.2, 0.25) is 0 Å². The molecule has 0 spiro atoms. The first-order valence-electron chi connectivity index (χ1n) is 10.3.